The van der Waals surface area contributed by atoms with Crippen LogP contribution in [0.25, 0.3) is 0 Å². The van der Waals surface area contributed by atoms with E-state index in [4.69, 9.17) is 34.8 Å². The fraction of sp³-hybridized carbons (Fsp3) is 0.0667. The number of hydrogen-bond acceptors (Lipinski definition) is 3. The van der Waals surface area contributed by atoms with Crippen molar-refractivity contribution in [2.24, 2.45) is 5.10 Å². The average Bonchev–Trinajstić information content (AvgIpc) is 2.43. The number of halogens is 3. The fourth-order valence-electron chi connectivity index (χ4n) is 1.68. The zero-order valence-corrected chi connectivity index (χ0v) is 13.3. The number of anilines is 1. The van der Waals surface area contributed by atoms with E-state index < -0.39 is 0 Å². The molecule has 0 fully saturated rings. The minimum Gasteiger partial charge on any atom is -0.274 e. The van der Waals surface area contributed by atoms with E-state index in [1.165, 1.54) is 0 Å². The molecule has 0 aliphatic carbocycles. The lowest BCUT2D eigenvalue weighted by Gasteiger charge is -2.08. The summed E-state index contributed by atoms with van der Waals surface area (Å²) in [7, 11) is 0. The molecule has 1 N–H and O–H groups in total. The van der Waals surface area contributed by atoms with Gasteiger partial charge in [0.25, 0.3) is 0 Å². The third kappa shape index (κ3) is 3.89. The number of hydrogen-bond donors (Lipinski definition) is 1. The van der Waals surface area contributed by atoms with E-state index in [0.717, 1.165) is 5.56 Å². The van der Waals surface area contributed by atoms with Gasteiger partial charge in [0.05, 0.1) is 15.7 Å². The smallest absolute Gasteiger partial charge is 0.167 e. The minimum absolute atomic E-state index is 0.208. The molecule has 0 aliphatic heterocycles. The predicted octanol–water partition coefficient (Wildman–Crippen LogP) is 5.30. The van der Waals surface area contributed by atoms with Gasteiger partial charge in [-0.3, -0.25) is 5.43 Å². The van der Waals surface area contributed by atoms with Gasteiger partial charge in [0, 0.05) is 10.6 Å². The number of nitriles is 1. The zero-order valence-electron chi connectivity index (χ0n) is 11.0. The highest BCUT2D eigenvalue weighted by Gasteiger charge is 2.08. The molecule has 2 rings (SSSR count). The second kappa shape index (κ2) is 6.82. The molecule has 106 valence electrons. The molecular weight excluding hydrogens is 329 g/mol. The van der Waals surface area contributed by atoms with E-state index in [2.05, 4.69) is 10.5 Å². The molecule has 0 heterocycles. The second-order valence-corrected chi connectivity index (χ2v) is 5.55. The molecule has 0 spiro atoms. The lowest BCUT2D eigenvalue weighted by molar-refractivity contribution is 1.32. The third-order valence-electron chi connectivity index (χ3n) is 2.69. The summed E-state index contributed by atoms with van der Waals surface area (Å²) in [5.74, 6) is 0. The molecule has 0 atom stereocenters. The summed E-state index contributed by atoms with van der Waals surface area (Å²) < 4.78 is 0. The van der Waals surface area contributed by atoms with Crippen LogP contribution >= 0.6 is 34.8 Å². The molecule has 2 aromatic carbocycles. The number of benzene rings is 2. The van der Waals surface area contributed by atoms with E-state index in [0.29, 0.717) is 26.3 Å². The van der Waals surface area contributed by atoms with Crippen LogP contribution in [0.1, 0.15) is 11.1 Å². The maximum atomic E-state index is 9.19. The van der Waals surface area contributed by atoms with Crippen molar-refractivity contribution in [2.45, 2.75) is 6.92 Å². The first-order valence-corrected chi connectivity index (χ1v) is 7.10. The number of nitrogens with zero attached hydrogens (tertiary/aromatic N) is 2. The first-order valence-electron chi connectivity index (χ1n) is 5.96. The molecule has 2 aromatic rings. The van der Waals surface area contributed by atoms with Gasteiger partial charge in [0.15, 0.2) is 5.71 Å². The Balaban J connectivity index is 2.31. The first-order chi connectivity index (χ1) is 10.0. The Morgan fingerprint density at radius 2 is 1.67 bits per heavy atom. The van der Waals surface area contributed by atoms with Gasteiger partial charge in [-0.25, -0.2) is 0 Å². The van der Waals surface area contributed by atoms with Crippen molar-refractivity contribution in [3.05, 3.63) is 62.6 Å². The maximum Gasteiger partial charge on any atom is 0.167 e. The SMILES string of the molecule is Cc1cc(Cl)c(N/N=C(\C#N)c2ccc(Cl)cc2)c(Cl)c1. The Kier molecular flexibility index (Phi) is 5.08. The normalized spacial score (nSPS) is 11.1. The van der Waals surface area contributed by atoms with Crippen LogP contribution in [0, 0.1) is 18.3 Å². The van der Waals surface area contributed by atoms with Crippen LogP contribution in [0.3, 0.4) is 0 Å². The van der Waals surface area contributed by atoms with Crippen LogP contribution in [0.2, 0.25) is 15.1 Å². The van der Waals surface area contributed by atoms with Gasteiger partial charge in [0.2, 0.25) is 0 Å². The lowest BCUT2D eigenvalue weighted by atomic mass is 10.1. The first kappa shape index (κ1) is 15.7. The fourth-order valence-corrected chi connectivity index (χ4v) is 2.49. The van der Waals surface area contributed by atoms with E-state index in [9.17, 15) is 5.26 Å². The molecule has 0 aromatic heterocycles. The summed E-state index contributed by atoms with van der Waals surface area (Å²) >= 11 is 18.0. The Morgan fingerprint density at radius 1 is 1.10 bits per heavy atom. The average molecular weight is 339 g/mol. The van der Waals surface area contributed by atoms with E-state index in [1.807, 2.05) is 13.0 Å². The molecule has 0 radical (unpaired) electrons. The van der Waals surface area contributed by atoms with Gasteiger partial charge < -0.3 is 0 Å². The topological polar surface area (TPSA) is 48.2 Å². The number of rotatable bonds is 3. The van der Waals surface area contributed by atoms with Gasteiger partial charge in [-0.15, -0.1) is 0 Å². The standard InChI is InChI=1S/C15H10Cl3N3/c1-9-6-12(17)15(13(18)7-9)21-20-14(8-19)10-2-4-11(16)5-3-10/h2-7,21H,1H3/b20-14+. The van der Waals surface area contributed by atoms with Crippen molar-refractivity contribution in [3.63, 3.8) is 0 Å². The van der Waals surface area contributed by atoms with Gasteiger partial charge in [-0.05, 0) is 36.8 Å². The molecule has 0 saturated heterocycles. The van der Waals surface area contributed by atoms with Gasteiger partial charge >= 0.3 is 0 Å². The largest absolute Gasteiger partial charge is 0.274 e. The van der Waals surface area contributed by atoms with Crippen molar-refractivity contribution in [1.29, 1.82) is 5.26 Å². The predicted molar refractivity (Wildman–Crippen MR) is 88.4 cm³/mol. The van der Waals surface area contributed by atoms with Crippen LogP contribution in [0.15, 0.2) is 41.5 Å². The van der Waals surface area contributed by atoms with Crippen LogP contribution in [0.4, 0.5) is 5.69 Å². The number of hydrazone groups is 1. The monoisotopic (exact) mass is 337 g/mol. The molecule has 0 unspecified atom stereocenters. The summed E-state index contributed by atoms with van der Waals surface area (Å²) in [5.41, 5.74) is 5.00. The Morgan fingerprint density at radius 3 is 2.19 bits per heavy atom. The molecule has 3 nitrogen and oxygen atoms in total. The molecule has 21 heavy (non-hydrogen) atoms. The quantitative estimate of drug-likeness (QED) is 0.610. The van der Waals surface area contributed by atoms with Crippen LogP contribution < -0.4 is 5.43 Å². The molecule has 0 aliphatic rings. The van der Waals surface area contributed by atoms with Crippen molar-refractivity contribution in [2.75, 3.05) is 5.43 Å². The highest BCUT2D eigenvalue weighted by Crippen LogP contribution is 2.31. The maximum absolute atomic E-state index is 9.19. The zero-order chi connectivity index (χ0) is 15.4. The van der Waals surface area contributed by atoms with Crippen molar-refractivity contribution >= 4 is 46.2 Å². The van der Waals surface area contributed by atoms with Crippen molar-refractivity contribution in [3.8, 4) is 6.07 Å². The van der Waals surface area contributed by atoms with Crippen molar-refractivity contribution < 1.29 is 0 Å². The lowest BCUT2D eigenvalue weighted by Crippen LogP contribution is -2.02. The van der Waals surface area contributed by atoms with Crippen LogP contribution in [-0.2, 0) is 0 Å². The second-order valence-electron chi connectivity index (χ2n) is 4.29. The molecule has 6 heteroatoms. The van der Waals surface area contributed by atoms with Crippen LogP contribution in [0.5, 0.6) is 0 Å². The van der Waals surface area contributed by atoms with E-state index >= 15 is 0 Å². The molecule has 0 bridgehead atoms. The van der Waals surface area contributed by atoms with Gasteiger partial charge in [-0.1, -0.05) is 46.9 Å². The Bertz CT molecular complexity index is 708. The van der Waals surface area contributed by atoms with Gasteiger partial charge in [-0.2, -0.15) is 10.4 Å². The Hall–Kier alpha value is -1.73. The summed E-state index contributed by atoms with van der Waals surface area (Å²) in [5, 5.41) is 14.7. The van der Waals surface area contributed by atoms with Crippen LogP contribution in [-0.4, -0.2) is 5.71 Å². The Labute approximate surface area is 137 Å². The van der Waals surface area contributed by atoms with E-state index in [-0.39, 0.29) is 5.71 Å². The van der Waals surface area contributed by atoms with Crippen molar-refractivity contribution in [1.82, 2.24) is 0 Å². The summed E-state index contributed by atoms with van der Waals surface area (Å²) in [6.45, 7) is 1.89. The highest BCUT2D eigenvalue weighted by molar-refractivity contribution is 6.39. The summed E-state index contributed by atoms with van der Waals surface area (Å²) in [6, 6.07) is 12.3. The third-order valence-corrected chi connectivity index (χ3v) is 3.54. The number of nitrogens with one attached hydrogen (secondary N) is 1. The molecule has 0 amide bonds. The molecule has 0 saturated carbocycles. The summed E-state index contributed by atoms with van der Waals surface area (Å²) in [6.07, 6.45) is 0. The highest BCUT2D eigenvalue weighted by atomic mass is 35.5. The molecular formula is C15H10Cl3N3. The van der Waals surface area contributed by atoms with E-state index in [1.54, 1.807) is 36.4 Å². The summed E-state index contributed by atoms with van der Waals surface area (Å²) in [4.78, 5) is 0. The number of aryl methyl sites for hydroxylation is 1. The van der Waals surface area contributed by atoms with Gasteiger partial charge in [0.1, 0.15) is 6.07 Å². The minimum atomic E-state index is 0.208.